The van der Waals surface area contributed by atoms with Crippen molar-refractivity contribution in [3.63, 3.8) is 0 Å². The minimum absolute atomic E-state index is 0.237. The Morgan fingerprint density at radius 1 is 1.44 bits per heavy atom. The van der Waals surface area contributed by atoms with Gasteiger partial charge in [-0.05, 0) is 19.3 Å². The summed E-state index contributed by atoms with van der Waals surface area (Å²) in [5, 5.41) is 16.4. The topological polar surface area (TPSA) is 50.1 Å². The SMILES string of the molecule is CC(C)Cn1cc(CNC(C)CCO)cn1. The number of aliphatic hydroxyl groups excluding tert-OH is 1. The molecule has 0 fully saturated rings. The molecule has 4 heteroatoms. The van der Waals surface area contributed by atoms with Gasteiger partial charge in [0.15, 0.2) is 0 Å². The predicted molar refractivity (Wildman–Crippen MR) is 65.1 cm³/mol. The van der Waals surface area contributed by atoms with E-state index in [9.17, 15) is 0 Å². The van der Waals surface area contributed by atoms with Crippen molar-refractivity contribution in [2.24, 2.45) is 5.92 Å². The molecule has 1 unspecified atom stereocenters. The summed E-state index contributed by atoms with van der Waals surface area (Å²) in [4.78, 5) is 0. The van der Waals surface area contributed by atoms with Crippen molar-refractivity contribution >= 4 is 0 Å². The Morgan fingerprint density at radius 2 is 2.19 bits per heavy atom. The predicted octanol–water partition coefficient (Wildman–Crippen LogP) is 1.40. The van der Waals surface area contributed by atoms with E-state index < -0.39 is 0 Å². The normalized spacial score (nSPS) is 13.3. The van der Waals surface area contributed by atoms with E-state index in [0.29, 0.717) is 12.0 Å². The second kappa shape index (κ2) is 6.66. The molecule has 1 atom stereocenters. The monoisotopic (exact) mass is 225 g/mol. The highest BCUT2D eigenvalue weighted by molar-refractivity contribution is 5.03. The first-order valence-corrected chi connectivity index (χ1v) is 5.97. The standard InChI is InChI=1S/C12H23N3O/c1-10(2)8-15-9-12(7-14-15)6-13-11(3)4-5-16/h7,9-11,13,16H,4-6,8H2,1-3H3. The number of aliphatic hydroxyl groups is 1. The molecule has 4 nitrogen and oxygen atoms in total. The molecule has 0 aromatic carbocycles. The zero-order valence-corrected chi connectivity index (χ0v) is 10.5. The van der Waals surface area contributed by atoms with E-state index in [1.165, 1.54) is 5.56 Å². The third-order valence-corrected chi connectivity index (χ3v) is 2.46. The van der Waals surface area contributed by atoms with Gasteiger partial charge in [0, 0.05) is 37.5 Å². The number of hydrogen-bond donors (Lipinski definition) is 2. The van der Waals surface area contributed by atoms with Gasteiger partial charge in [0.2, 0.25) is 0 Å². The quantitative estimate of drug-likeness (QED) is 0.737. The largest absolute Gasteiger partial charge is 0.396 e. The maximum absolute atomic E-state index is 8.78. The van der Waals surface area contributed by atoms with Crippen LogP contribution in [0.15, 0.2) is 12.4 Å². The van der Waals surface area contributed by atoms with Crippen molar-refractivity contribution in [3.05, 3.63) is 18.0 Å². The molecule has 0 spiro atoms. The number of aromatic nitrogens is 2. The van der Waals surface area contributed by atoms with E-state index >= 15 is 0 Å². The Balaban J connectivity index is 2.34. The molecule has 0 saturated carbocycles. The summed E-state index contributed by atoms with van der Waals surface area (Å²) in [6.45, 7) is 8.47. The molecule has 2 N–H and O–H groups in total. The van der Waals surface area contributed by atoms with Crippen LogP contribution in [0.5, 0.6) is 0 Å². The lowest BCUT2D eigenvalue weighted by atomic mass is 10.2. The Labute approximate surface area is 97.7 Å². The highest BCUT2D eigenvalue weighted by Crippen LogP contribution is 2.02. The van der Waals surface area contributed by atoms with E-state index in [-0.39, 0.29) is 6.61 Å². The van der Waals surface area contributed by atoms with Gasteiger partial charge in [-0.15, -0.1) is 0 Å². The summed E-state index contributed by atoms with van der Waals surface area (Å²) in [6, 6.07) is 0.346. The van der Waals surface area contributed by atoms with Crippen LogP contribution in [0.3, 0.4) is 0 Å². The summed E-state index contributed by atoms with van der Waals surface area (Å²) >= 11 is 0. The maximum atomic E-state index is 8.78. The van der Waals surface area contributed by atoms with E-state index in [2.05, 4.69) is 37.4 Å². The zero-order valence-electron chi connectivity index (χ0n) is 10.5. The Hall–Kier alpha value is -0.870. The molecule has 0 aliphatic rings. The Bertz CT molecular complexity index is 296. The first kappa shape index (κ1) is 13.2. The fourth-order valence-corrected chi connectivity index (χ4v) is 1.56. The van der Waals surface area contributed by atoms with Crippen molar-refractivity contribution in [3.8, 4) is 0 Å². The van der Waals surface area contributed by atoms with Gasteiger partial charge in [-0.1, -0.05) is 13.8 Å². The number of nitrogens with zero attached hydrogens (tertiary/aromatic N) is 2. The minimum atomic E-state index is 0.237. The third kappa shape index (κ3) is 4.77. The number of nitrogens with one attached hydrogen (secondary N) is 1. The van der Waals surface area contributed by atoms with Crippen LogP contribution >= 0.6 is 0 Å². The molecule has 1 aromatic heterocycles. The lowest BCUT2D eigenvalue weighted by Gasteiger charge is -2.10. The van der Waals surface area contributed by atoms with Crippen molar-refractivity contribution in [2.75, 3.05) is 6.61 Å². The average molecular weight is 225 g/mol. The summed E-state index contributed by atoms with van der Waals surface area (Å²) in [7, 11) is 0. The van der Waals surface area contributed by atoms with Gasteiger partial charge in [0.05, 0.1) is 6.20 Å². The van der Waals surface area contributed by atoms with E-state index in [1.807, 2.05) is 10.9 Å². The molecule has 1 rings (SSSR count). The van der Waals surface area contributed by atoms with E-state index in [0.717, 1.165) is 19.5 Å². The summed E-state index contributed by atoms with van der Waals surface area (Å²) in [5.74, 6) is 0.619. The smallest absolute Gasteiger partial charge is 0.0534 e. The molecule has 0 aliphatic heterocycles. The molecule has 1 heterocycles. The highest BCUT2D eigenvalue weighted by atomic mass is 16.3. The molecule has 0 bridgehead atoms. The lowest BCUT2D eigenvalue weighted by Crippen LogP contribution is -2.26. The Morgan fingerprint density at radius 3 is 2.81 bits per heavy atom. The molecule has 0 aliphatic carbocycles. The van der Waals surface area contributed by atoms with Crippen LogP contribution in [0.2, 0.25) is 0 Å². The second-order valence-electron chi connectivity index (χ2n) is 4.76. The number of rotatable bonds is 7. The van der Waals surface area contributed by atoms with Gasteiger partial charge < -0.3 is 10.4 Å². The number of hydrogen-bond acceptors (Lipinski definition) is 3. The van der Waals surface area contributed by atoms with E-state index in [1.54, 1.807) is 0 Å². The maximum Gasteiger partial charge on any atom is 0.0534 e. The van der Waals surface area contributed by atoms with Crippen LogP contribution in [-0.4, -0.2) is 27.5 Å². The molecule has 16 heavy (non-hydrogen) atoms. The van der Waals surface area contributed by atoms with Crippen LogP contribution in [0.1, 0.15) is 32.8 Å². The second-order valence-corrected chi connectivity index (χ2v) is 4.76. The van der Waals surface area contributed by atoms with Crippen molar-refractivity contribution in [2.45, 2.75) is 46.3 Å². The molecule has 92 valence electrons. The van der Waals surface area contributed by atoms with Gasteiger partial charge in [0.25, 0.3) is 0 Å². The lowest BCUT2D eigenvalue weighted by molar-refractivity contribution is 0.268. The average Bonchev–Trinajstić information content (AvgIpc) is 2.62. The fourth-order valence-electron chi connectivity index (χ4n) is 1.56. The molecule has 0 radical (unpaired) electrons. The van der Waals surface area contributed by atoms with Crippen LogP contribution in [0.4, 0.5) is 0 Å². The first-order chi connectivity index (χ1) is 7.61. The van der Waals surface area contributed by atoms with Gasteiger partial charge >= 0.3 is 0 Å². The summed E-state index contributed by atoms with van der Waals surface area (Å²) in [6.07, 6.45) is 4.78. The molecule has 0 amide bonds. The van der Waals surface area contributed by atoms with Gasteiger partial charge in [0.1, 0.15) is 0 Å². The third-order valence-electron chi connectivity index (χ3n) is 2.46. The van der Waals surface area contributed by atoms with Gasteiger partial charge in [-0.2, -0.15) is 5.10 Å². The van der Waals surface area contributed by atoms with Crippen LogP contribution in [-0.2, 0) is 13.1 Å². The first-order valence-electron chi connectivity index (χ1n) is 5.97. The zero-order chi connectivity index (χ0) is 12.0. The van der Waals surface area contributed by atoms with Crippen molar-refractivity contribution < 1.29 is 5.11 Å². The fraction of sp³-hybridized carbons (Fsp3) is 0.750. The van der Waals surface area contributed by atoms with Gasteiger partial charge in [-0.25, -0.2) is 0 Å². The van der Waals surface area contributed by atoms with Crippen LogP contribution < -0.4 is 5.32 Å². The molecular formula is C12H23N3O. The summed E-state index contributed by atoms with van der Waals surface area (Å²) in [5.41, 5.74) is 1.20. The Kier molecular flexibility index (Phi) is 5.49. The van der Waals surface area contributed by atoms with Crippen LogP contribution in [0.25, 0.3) is 0 Å². The van der Waals surface area contributed by atoms with Crippen molar-refractivity contribution in [1.29, 1.82) is 0 Å². The summed E-state index contributed by atoms with van der Waals surface area (Å²) < 4.78 is 1.98. The minimum Gasteiger partial charge on any atom is -0.396 e. The molecular weight excluding hydrogens is 202 g/mol. The van der Waals surface area contributed by atoms with Gasteiger partial charge in [-0.3, -0.25) is 4.68 Å². The van der Waals surface area contributed by atoms with Crippen LogP contribution in [0, 0.1) is 5.92 Å². The highest BCUT2D eigenvalue weighted by Gasteiger charge is 2.03. The van der Waals surface area contributed by atoms with E-state index in [4.69, 9.17) is 5.11 Å². The van der Waals surface area contributed by atoms with Crippen molar-refractivity contribution in [1.82, 2.24) is 15.1 Å². The molecule has 1 aromatic rings. The molecule has 0 saturated heterocycles.